The first-order chi connectivity index (χ1) is 12.3. The molecule has 27 heavy (non-hydrogen) atoms. The molecular formula is C21H34O6. The van der Waals surface area contributed by atoms with Gasteiger partial charge in [-0.1, -0.05) is 20.8 Å². The fourth-order valence-corrected chi connectivity index (χ4v) is 6.27. The van der Waals surface area contributed by atoms with Crippen molar-refractivity contribution in [3.63, 3.8) is 0 Å². The van der Waals surface area contributed by atoms with E-state index in [9.17, 15) is 19.8 Å². The van der Waals surface area contributed by atoms with Gasteiger partial charge in [-0.3, -0.25) is 4.79 Å². The van der Waals surface area contributed by atoms with E-state index in [-0.39, 0.29) is 17.8 Å². The van der Waals surface area contributed by atoms with Crippen LogP contribution in [0.2, 0.25) is 0 Å². The van der Waals surface area contributed by atoms with Gasteiger partial charge in [-0.15, -0.1) is 0 Å². The maximum atomic E-state index is 12.6. The number of rotatable bonds is 6. The highest BCUT2D eigenvalue weighted by Crippen LogP contribution is 2.64. The molecule has 0 aromatic heterocycles. The minimum Gasteiger partial charge on any atom is -0.456 e. The van der Waals surface area contributed by atoms with Gasteiger partial charge in [0.25, 0.3) is 0 Å². The van der Waals surface area contributed by atoms with Gasteiger partial charge in [0.15, 0.2) is 6.61 Å². The molecule has 5 atom stereocenters. The number of ether oxygens (including phenoxy) is 2. The Morgan fingerprint density at radius 2 is 1.81 bits per heavy atom. The highest BCUT2D eigenvalue weighted by molar-refractivity contribution is 5.80. The Balaban J connectivity index is 1.76. The minimum absolute atomic E-state index is 0.105. The second-order valence-corrected chi connectivity index (χ2v) is 10.2. The van der Waals surface area contributed by atoms with Crippen LogP contribution in [0.3, 0.4) is 0 Å². The zero-order valence-electron chi connectivity index (χ0n) is 17.2. The van der Waals surface area contributed by atoms with Gasteiger partial charge in [0.1, 0.15) is 5.60 Å². The molecule has 154 valence electrons. The molecule has 0 saturated heterocycles. The first-order valence-electron chi connectivity index (χ1n) is 10.2. The summed E-state index contributed by atoms with van der Waals surface area (Å²) in [5.74, 6) is -1.01. The van der Waals surface area contributed by atoms with Crippen LogP contribution < -0.4 is 0 Å². The van der Waals surface area contributed by atoms with E-state index in [4.69, 9.17) is 9.47 Å². The molecule has 0 aliphatic heterocycles. The van der Waals surface area contributed by atoms with E-state index in [1.165, 1.54) is 0 Å². The van der Waals surface area contributed by atoms with Crippen LogP contribution in [-0.4, -0.2) is 45.6 Å². The largest absolute Gasteiger partial charge is 0.456 e. The van der Waals surface area contributed by atoms with E-state index < -0.39 is 40.8 Å². The summed E-state index contributed by atoms with van der Waals surface area (Å²) in [5, 5.41) is 22.3. The van der Waals surface area contributed by atoms with Gasteiger partial charge in [-0.25, -0.2) is 4.79 Å². The zero-order valence-corrected chi connectivity index (χ0v) is 17.2. The third kappa shape index (κ3) is 3.51. The van der Waals surface area contributed by atoms with E-state index in [0.717, 1.165) is 0 Å². The van der Waals surface area contributed by atoms with Crippen molar-refractivity contribution in [3.05, 3.63) is 0 Å². The molecule has 0 radical (unpaired) electrons. The SMILES string of the molecule is CCC(C)(C)C(=O)OCC(=O)OC12CC3CC(O)(CC(O)(C3)C1C(C)C)C2. The lowest BCUT2D eigenvalue weighted by molar-refractivity contribution is -0.302. The number of aliphatic hydroxyl groups is 2. The summed E-state index contributed by atoms with van der Waals surface area (Å²) < 4.78 is 11.1. The third-order valence-electron chi connectivity index (χ3n) is 7.10. The van der Waals surface area contributed by atoms with Gasteiger partial charge in [-0.2, -0.15) is 0 Å². The van der Waals surface area contributed by atoms with Crippen molar-refractivity contribution in [2.24, 2.45) is 23.2 Å². The molecular weight excluding hydrogens is 348 g/mol. The number of carbonyl (C=O) groups is 2. The summed E-state index contributed by atoms with van der Waals surface area (Å²) in [5.41, 5.74) is -3.53. The van der Waals surface area contributed by atoms with Gasteiger partial charge in [-0.05, 0) is 51.4 Å². The van der Waals surface area contributed by atoms with Crippen molar-refractivity contribution in [2.45, 2.75) is 89.9 Å². The van der Waals surface area contributed by atoms with Gasteiger partial charge >= 0.3 is 11.9 Å². The maximum Gasteiger partial charge on any atom is 0.344 e. The van der Waals surface area contributed by atoms with E-state index in [2.05, 4.69) is 0 Å². The fraction of sp³-hybridized carbons (Fsp3) is 0.905. The number of hydrogen-bond acceptors (Lipinski definition) is 6. The first-order valence-corrected chi connectivity index (χ1v) is 10.2. The molecule has 4 bridgehead atoms. The van der Waals surface area contributed by atoms with Crippen LogP contribution >= 0.6 is 0 Å². The predicted octanol–water partition coefficient (Wildman–Crippen LogP) is 2.59. The standard InChI is InChI=1S/C21H34O6/c1-6-18(4,5)17(23)26-10-15(22)27-21-9-14-7-19(24,12-21)11-20(25,8-14)16(21)13(2)3/h13-14,16,24-25H,6-12H2,1-5H3. The van der Waals surface area contributed by atoms with Crippen molar-refractivity contribution in [1.82, 2.24) is 0 Å². The second kappa shape index (κ2) is 6.45. The smallest absolute Gasteiger partial charge is 0.344 e. The lowest BCUT2D eigenvalue weighted by Crippen LogP contribution is -2.73. The number of hydrogen-bond donors (Lipinski definition) is 2. The minimum atomic E-state index is -1.01. The van der Waals surface area contributed by atoms with Crippen LogP contribution in [0.25, 0.3) is 0 Å². The predicted molar refractivity (Wildman–Crippen MR) is 98.7 cm³/mol. The Bertz CT molecular complexity index is 628. The Kier molecular flexibility index (Phi) is 4.92. The molecule has 2 N–H and O–H groups in total. The summed E-state index contributed by atoms with van der Waals surface area (Å²) in [6.07, 6.45) is 3.26. The van der Waals surface area contributed by atoms with E-state index in [1.807, 2.05) is 20.8 Å². The van der Waals surface area contributed by atoms with Gasteiger partial charge < -0.3 is 19.7 Å². The van der Waals surface area contributed by atoms with Crippen molar-refractivity contribution in [1.29, 1.82) is 0 Å². The van der Waals surface area contributed by atoms with Gasteiger partial charge in [0, 0.05) is 18.8 Å². The normalized spacial score (nSPS) is 40.3. The van der Waals surface area contributed by atoms with Crippen LogP contribution in [0.5, 0.6) is 0 Å². The summed E-state index contributed by atoms with van der Waals surface area (Å²) >= 11 is 0. The van der Waals surface area contributed by atoms with Crippen molar-refractivity contribution >= 4 is 11.9 Å². The molecule has 4 fully saturated rings. The molecule has 0 heterocycles. The average molecular weight is 382 g/mol. The molecule has 4 aliphatic rings. The molecule has 4 aliphatic carbocycles. The Labute approximate surface area is 161 Å². The third-order valence-corrected chi connectivity index (χ3v) is 7.10. The molecule has 5 unspecified atom stereocenters. The summed E-state index contributed by atoms with van der Waals surface area (Å²) in [7, 11) is 0. The van der Waals surface area contributed by atoms with Crippen LogP contribution in [0.1, 0.15) is 73.1 Å². The lowest BCUT2D eigenvalue weighted by atomic mass is 9.44. The van der Waals surface area contributed by atoms with E-state index in [1.54, 1.807) is 13.8 Å². The highest BCUT2D eigenvalue weighted by Gasteiger charge is 2.70. The molecule has 4 rings (SSSR count). The quantitative estimate of drug-likeness (QED) is 0.686. The average Bonchev–Trinajstić information content (AvgIpc) is 2.48. The highest BCUT2D eigenvalue weighted by atomic mass is 16.6. The second-order valence-electron chi connectivity index (χ2n) is 10.2. The van der Waals surface area contributed by atoms with E-state index >= 15 is 0 Å². The molecule has 0 aromatic carbocycles. The Morgan fingerprint density at radius 3 is 2.37 bits per heavy atom. The van der Waals surface area contributed by atoms with Crippen molar-refractivity contribution < 1.29 is 29.3 Å². The Morgan fingerprint density at radius 1 is 1.15 bits per heavy atom. The molecule has 0 spiro atoms. The maximum absolute atomic E-state index is 12.6. The van der Waals surface area contributed by atoms with Crippen LogP contribution in [0.15, 0.2) is 0 Å². The van der Waals surface area contributed by atoms with Crippen LogP contribution in [0, 0.1) is 23.2 Å². The van der Waals surface area contributed by atoms with Gasteiger partial charge in [0.2, 0.25) is 0 Å². The lowest BCUT2D eigenvalue weighted by Gasteiger charge is -2.67. The summed E-state index contributed by atoms with van der Waals surface area (Å²) in [6.45, 7) is 9.06. The molecule has 4 saturated carbocycles. The van der Waals surface area contributed by atoms with E-state index in [0.29, 0.717) is 38.5 Å². The van der Waals surface area contributed by atoms with Crippen molar-refractivity contribution in [2.75, 3.05) is 6.61 Å². The Hall–Kier alpha value is -1.14. The monoisotopic (exact) mass is 382 g/mol. The topological polar surface area (TPSA) is 93.1 Å². The number of esters is 2. The molecule has 0 aromatic rings. The summed E-state index contributed by atoms with van der Waals surface area (Å²) in [4.78, 5) is 24.7. The zero-order chi connectivity index (χ0) is 20.3. The number of carbonyl (C=O) groups excluding carboxylic acids is 2. The molecule has 6 heteroatoms. The first kappa shape index (κ1) is 20.6. The van der Waals surface area contributed by atoms with Crippen LogP contribution in [0.4, 0.5) is 0 Å². The molecule has 6 nitrogen and oxygen atoms in total. The van der Waals surface area contributed by atoms with Crippen molar-refractivity contribution in [3.8, 4) is 0 Å². The fourth-order valence-electron chi connectivity index (χ4n) is 6.27. The van der Waals surface area contributed by atoms with Gasteiger partial charge in [0.05, 0.1) is 16.6 Å². The summed E-state index contributed by atoms with van der Waals surface area (Å²) in [6, 6.07) is 0. The van der Waals surface area contributed by atoms with Crippen LogP contribution in [-0.2, 0) is 19.1 Å². The molecule has 0 amide bonds.